The average Bonchev–Trinajstić information content (AvgIpc) is 2.81. The molecule has 0 unspecified atom stereocenters. The summed E-state index contributed by atoms with van der Waals surface area (Å²) in [4.78, 5) is 13.0. The van der Waals surface area contributed by atoms with Crippen molar-refractivity contribution >= 4 is 21.6 Å². The number of rotatable bonds is 11. The molecule has 6 nitrogen and oxygen atoms in total. The van der Waals surface area contributed by atoms with E-state index in [1.165, 1.54) is 4.31 Å². The molecule has 0 aromatic heterocycles. The number of nitrogens with zero attached hydrogens (tertiary/aromatic N) is 1. The minimum absolute atomic E-state index is 0.155. The van der Waals surface area contributed by atoms with Crippen molar-refractivity contribution in [3.05, 3.63) is 89.0 Å². The van der Waals surface area contributed by atoms with Gasteiger partial charge in [-0.15, -0.1) is 0 Å². The van der Waals surface area contributed by atoms with Gasteiger partial charge in [-0.2, -0.15) is 0 Å². The third-order valence-electron chi connectivity index (χ3n) is 5.61. The van der Waals surface area contributed by atoms with Crippen LogP contribution < -0.4 is 14.4 Å². The normalized spacial score (nSPS) is 11.2. The van der Waals surface area contributed by atoms with Gasteiger partial charge >= 0.3 is 0 Å². The van der Waals surface area contributed by atoms with Crippen LogP contribution in [0.2, 0.25) is 0 Å². The highest BCUT2D eigenvalue weighted by Crippen LogP contribution is 2.26. The van der Waals surface area contributed by atoms with Crippen LogP contribution in [0.3, 0.4) is 0 Å². The monoisotopic (exact) mass is 494 g/mol. The Morgan fingerprint density at radius 1 is 0.914 bits per heavy atom. The largest absolute Gasteiger partial charge is 0.494 e. The maximum absolute atomic E-state index is 13.5. The van der Waals surface area contributed by atoms with Crippen molar-refractivity contribution in [1.29, 1.82) is 0 Å². The van der Waals surface area contributed by atoms with Gasteiger partial charge in [0.1, 0.15) is 12.3 Å². The number of sulfonamides is 1. The summed E-state index contributed by atoms with van der Waals surface area (Å²) in [5.74, 6) is 0.504. The molecule has 0 spiro atoms. The molecule has 0 radical (unpaired) electrons. The van der Waals surface area contributed by atoms with Crippen LogP contribution in [-0.2, 0) is 21.2 Å². The first-order valence-corrected chi connectivity index (χ1v) is 13.3. The fraction of sp³-hybridized carbons (Fsp3) is 0.321. The summed E-state index contributed by atoms with van der Waals surface area (Å²) < 4.78 is 34.0. The number of amides is 1. The van der Waals surface area contributed by atoms with Gasteiger partial charge in [0, 0.05) is 6.54 Å². The summed E-state index contributed by atoms with van der Waals surface area (Å²) in [7, 11) is -3.93. The second-order valence-electron chi connectivity index (χ2n) is 8.66. The van der Waals surface area contributed by atoms with Crippen molar-refractivity contribution in [2.45, 2.75) is 45.4 Å². The van der Waals surface area contributed by atoms with Crippen LogP contribution in [0.1, 0.15) is 35.6 Å². The summed E-state index contributed by atoms with van der Waals surface area (Å²) in [6, 6.07) is 20.1. The Morgan fingerprint density at radius 3 is 2.23 bits per heavy atom. The van der Waals surface area contributed by atoms with E-state index < -0.39 is 10.0 Å². The lowest BCUT2D eigenvalue weighted by Gasteiger charge is -2.25. The summed E-state index contributed by atoms with van der Waals surface area (Å²) in [5.41, 5.74) is 4.38. The van der Waals surface area contributed by atoms with Crippen molar-refractivity contribution in [2.24, 2.45) is 0 Å². The number of hydrogen-bond donors (Lipinski definition) is 1. The Balaban J connectivity index is 1.73. The van der Waals surface area contributed by atoms with Crippen LogP contribution in [0.4, 0.5) is 5.69 Å². The van der Waals surface area contributed by atoms with E-state index in [1.54, 1.807) is 36.4 Å². The van der Waals surface area contributed by atoms with E-state index in [1.807, 2.05) is 58.0 Å². The van der Waals surface area contributed by atoms with Crippen molar-refractivity contribution < 1.29 is 17.9 Å². The Hall–Kier alpha value is -3.32. The Kier molecular flexibility index (Phi) is 8.93. The van der Waals surface area contributed by atoms with Crippen LogP contribution >= 0.6 is 0 Å². The number of anilines is 1. The van der Waals surface area contributed by atoms with Crippen molar-refractivity contribution in [1.82, 2.24) is 5.32 Å². The molecular formula is C28H34N2O4S. The van der Waals surface area contributed by atoms with E-state index in [0.29, 0.717) is 25.3 Å². The van der Waals surface area contributed by atoms with Crippen LogP contribution in [0, 0.1) is 20.8 Å². The second-order valence-corrected chi connectivity index (χ2v) is 10.5. The molecule has 35 heavy (non-hydrogen) atoms. The molecule has 7 heteroatoms. The Labute approximate surface area is 209 Å². The number of hydrogen-bond acceptors (Lipinski definition) is 4. The smallest absolute Gasteiger partial charge is 0.264 e. The maximum Gasteiger partial charge on any atom is 0.264 e. The van der Waals surface area contributed by atoms with Gasteiger partial charge in [0.25, 0.3) is 10.0 Å². The molecule has 3 aromatic carbocycles. The standard InChI is InChI=1S/C28H34N2O4S/c1-5-34-27-11-7-6-9-24(27)10-8-16-29-28(31)20-30(25-18-22(3)17-23(4)19-25)35(32,33)26-14-12-21(2)13-15-26/h6-7,9,11-15,17-19H,5,8,10,16,20H2,1-4H3,(H,29,31). The van der Waals surface area contributed by atoms with Crippen molar-refractivity contribution in [3.63, 3.8) is 0 Å². The molecule has 1 N–H and O–H groups in total. The van der Waals surface area contributed by atoms with Gasteiger partial charge in [-0.25, -0.2) is 8.42 Å². The number of carbonyl (C=O) groups excluding carboxylic acids is 1. The van der Waals surface area contributed by atoms with E-state index >= 15 is 0 Å². The van der Waals surface area contributed by atoms with E-state index in [0.717, 1.165) is 34.4 Å². The van der Waals surface area contributed by atoms with Gasteiger partial charge in [-0.05, 0) is 87.6 Å². The molecular weight excluding hydrogens is 460 g/mol. The SMILES string of the molecule is CCOc1ccccc1CCCNC(=O)CN(c1cc(C)cc(C)c1)S(=O)(=O)c1ccc(C)cc1. The average molecular weight is 495 g/mol. The molecule has 0 bridgehead atoms. The van der Waals surface area contributed by atoms with Crippen molar-refractivity contribution in [3.8, 4) is 5.75 Å². The molecule has 3 rings (SSSR count). The molecule has 0 saturated carbocycles. The predicted octanol–water partition coefficient (Wildman–Crippen LogP) is 4.95. The molecule has 0 aliphatic heterocycles. The van der Waals surface area contributed by atoms with Crippen LogP contribution in [0.15, 0.2) is 71.6 Å². The molecule has 0 aliphatic rings. The summed E-state index contributed by atoms with van der Waals surface area (Å²) in [5, 5.41) is 2.88. The summed E-state index contributed by atoms with van der Waals surface area (Å²) >= 11 is 0. The molecule has 0 saturated heterocycles. The van der Waals surface area contributed by atoms with Crippen LogP contribution in [0.25, 0.3) is 0 Å². The summed E-state index contributed by atoms with van der Waals surface area (Å²) in [6.45, 7) is 8.40. The van der Waals surface area contributed by atoms with Gasteiger partial charge < -0.3 is 10.1 Å². The Bertz CT molecular complexity index is 1230. The highest BCUT2D eigenvalue weighted by Gasteiger charge is 2.27. The van der Waals surface area contributed by atoms with Gasteiger partial charge in [-0.1, -0.05) is 42.0 Å². The molecule has 186 valence electrons. The zero-order valence-electron chi connectivity index (χ0n) is 20.9. The lowest BCUT2D eigenvalue weighted by molar-refractivity contribution is -0.119. The molecule has 3 aromatic rings. The molecule has 0 heterocycles. The van der Waals surface area contributed by atoms with Gasteiger partial charge in [0.05, 0.1) is 17.2 Å². The van der Waals surface area contributed by atoms with Crippen LogP contribution in [0.5, 0.6) is 5.75 Å². The van der Waals surface area contributed by atoms with Gasteiger partial charge in [0.2, 0.25) is 5.91 Å². The molecule has 1 amide bonds. The van der Waals surface area contributed by atoms with E-state index in [2.05, 4.69) is 5.32 Å². The second kappa shape index (κ2) is 11.9. The van der Waals surface area contributed by atoms with Crippen LogP contribution in [-0.4, -0.2) is 34.0 Å². The quantitative estimate of drug-likeness (QED) is 0.383. The summed E-state index contributed by atoms with van der Waals surface area (Å²) in [6.07, 6.45) is 1.46. The number of carbonyl (C=O) groups is 1. The predicted molar refractivity (Wildman–Crippen MR) is 141 cm³/mol. The first kappa shape index (κ1) is 26.3. The molecule has 0 atom stereocenters. The first-order valence-electron chi connectivity index (χ1n) is 11.9. The Morgan fingerprint density at radius 2 is 1.57 bits per heavy atom. The lowest BCUT2D eigenvalue weighted by atomic mass is 10.1. The van der Waals surface area contributed by atoms with E-state index in [9.17, 15) is 13.2 Å². The van der Waals surface area contributed by atoms with E-state index in [-0.39, 0.29) is 17.3 Å². The minimum atomic E-state index is -3.93. The molecule has 0 aliphatic carbocycles. The number of nitrogens with one attached hydrogen (secondary N) is 1. The first-order chi connectivity index (χ1) is 16.7. The third kappa shape index (κ3) is 7.09. The number of para-hydroxylation sites is 1. The van der Waals surface area contributed by atoms with E-state index in [4.69, 9.17) is 4.74 Å². The highest BCUT2D eigenvalue weighted by atomic mass is 32.2. The minimum Gasteiger partial charge on any atom is -0.494 e. The maximum atomic E-state index is 13.5. The fourth-order valence-corrected chi connectivity index (χ4v) is 5.35. The fourth-order valence-electron chi connectivity index (χ4n) is 3.95. The number of aryl methyl sites for hydroxylation is 4. The zero-order chi connectivity index (χ0) is 25.4. The van der Waals surface area contributed by atoms with Gasteiger partial charge in [0.15, 0.2) is 0 Å². The number of benzene rings is 3. The van der Waals surface area contributed by atoms with Gasteiger partial charge in [-0.3, -0.25) is 9.10 Å². The molecule has 0 fully saturated rings. The van der Waals surface area contributed by atoms with Crippen molar-refractivity contribution in [2.75, 3.05) is 24.0 Å². The third-order valence-corrected chi connectivity index (χ3v) is 7.40. The highest BCUT2D eigenvalue weighted by molar-refractivity contribution is 7.92. The number of ether oxygens (including phenoxy) is 1. The topological polar surface area (TPSA) is 75.7 Å². The zero-order valence-corrected chi connectivity index (χ0v) is 21.7. The lowest BCUT2D eigenvalue weighted by Crippen LogP contribution is -2.41.